The average Bonchev–Trinajstić information content (AvgIpc) is 3.36. The number of fused-ring (bicyclic) bond motifs is 1. The molecule has 7 heteroatoms. The average molecular weight is 421 g/mol. The van der Waals surface area contributed by atoms with E-state index in [0.29, 0.717) is 16.7 Å². The van der Waals surface area contributed by atoms with E-state index in [9.17, 15) is 4.79 Å². The molecular weight excluding hydrogens is 396 g/mol. The first-order valence-electron chi connectivity index (χ1n) is 9.98. The van der Waals surface area contributed by atoms with Gasteiger partial charge in [0.25, 0.3) is 0 Å². The van der Waals surface area contributed by atoms with E-state index in [-0.39, 0.29) is 17.7 Å². The number of nitrogens with zero attached hydrogens (tertiary/aromatic N) is 3. The van der Waals surface area contributed by atoms with Gasteiger partial charge in [0, 0.05) is 17.1 Å². The van der Waals surface area contributed by atoms with E-state index in [2.05, 4.69) is 15.5 Å². The topological polar surface area (TPSA) is 73.0 Å². The van der Waals surface area contributed by atoms with Gasteiger partial charge < -0.3 is 9.73 Å². The number of furan rings is 1. The molecule has 1 amide bonds. The second-order valence-corrected chi connectivity index (χ2v) is 8.23. The first-order valence-corrected chi connectivity index (χ1v) is 11.0. The number of aryl methyl sites for hydroxylation is 1. The van der Waals surface area contributed by atoms with Gasteiger partial charge in [-0.15, -0.1) is 10.2 Å². The molecule has 4 aromatic rings. The highest BCUT2D eigenvalue weighted by Crippen LogP contribution is 2.31. The van der Waals surface area contributed by atoms with E-state index in [1.807, 2.05) is 79.9 Å². The molecule has 154 valence electrons. The Bertz CT molecular complexity index is 1130. The molecule has 0 aliphatic carbocycles. The Labute approximate surface area is 179 Å². The van der Waals surface area contributed by atoms with Crippen LogP contribution in [0.5, 0.6) is 0 Å². The summed E-state index contributed by atoms with van der Waals surface area (Å²) >= 11 is 1.36. The molecule has 0 bridgehead atoms. The summed E-state index contributed by atoms with van der Waals surface area (Å²) in [6.45, 7) is 6.09. The van der Waals surface area contributed by atoms with Gasteiger partial charge in [-0.05, 0) is 44.5 Å². The standard InChI is InChI=1S/C23H24N4O2S/c1-4-16(3)24-21(28)14-30-23-26-25-22(27(23)18-11-9-15(2)10-12-18)20-13-17-7-5-6-8-19(17)29-20/h5-13,16H,4,14H2,1-3H3,(H,24,28)/t16-/m1/s1. The van der Waals surface area contributed by atoms with Crippen molar-refractivity contribution in [1.82, 2.24) is 20.1 Å². The molecule has 0 saturated carbocycles. The predicted octanol–water partition coefficient (Wildman–Crippen LogP) is 5.00. The smallest absolute Gasteiger partial charge is 0.230 e. The maximum atomic E-state index is 12.3. The third-order valence-corrected chi connectivity index (χ3v) is 5.85. The fourth-order valence-electron chi connectivity index (χ4n) is 3.09. The summed E-state index contributed by atoms with van der Waals surface area (Å²) < 4.78 is 7.98. The van der Waals surface area contributed by atoms with Crippen LogP contribution in [0, 0.1) is 6.92 Å². The summed E-state index contributed by atoms with van der Waals surface area (Å²) in [7, 11) is 0. The summed E-state index contributed by atoms with van der Waals surface area (Å²) in [6, 6.07) is 18.1. The minimum absolute atomic E-state index is 0.0157. The van der Waals surface area contributed by atoms with Crippen molar-refractivity contribution < 1.29 is 9.21 Å². The summed E-state index contributed by atoms with van der Waals surface area (Å²) in [5.41, 5.74) is 2.89. The summed E-state index contributed by atoms with van der Waals surface area (Å²) in [4.78, 5) is 12.3. The van der Waals surface area contributed by atoms with Crippen LogP contribution in [-0.4, -0.2) is 32.5 Å². The SMILES string of the molecule is CC[C@@H](C)NC(=O)CSc1nnc(-c2cc3ccccc3o2)n1-c1ccc(C)cc1. The minimum Gasteiger partial charge on any atom is -0.453 e. The second kappa shape index (κ2) is 8.75. The van der Waals surface area contributed by atoms with E-state index in [1.54, 1.807) is 0 Å². The van der Waals surface area contributed by atoms with Crippen molar-refractivity contribution in [3.05, 3.63) is 60.2 Å². The molecule has 4 rings (SSSR count). The Morgan fingerprint density at radius 1 is 1.17 bits per heavy atom. The highest BCUT2D eigenvalue weighted by atomic mass is 32.2. The molecule has 2 heterocycles. The van der Waals surface area contributed by atoms with Crippen LogP contribution in [0.15, 0.2) is 64.2 Å². The monoisotopic (exact) mass is 420 g/mol. The van der Waals surface area contributed by atoms with Gasteiger partial charge in [0.1, 0.15) is 5.58 Å². The first-order chi connectivity index (χ1) is 14.5. The largest absolute Gasteiger partial charge is 0.453 e. The predicted molar refractivity (Wildman–Crippen MR) is 120 cm³/mol. The summed E-state index contributed by atoms with van der Waals surface area (Å²) in [6.07, 6.45) is 0.895. The van der Waals surface area contributed by atoms with Crippen LogP contribution >= 0.6 is 11.8 Å². The number of amides is 1. The molecule has 6 nitrogen and oxygen atoms in total. The number of hydrogen-bond acceptors (Lipinski definition) is 5. The van der Waals surface area contributed by atoms with E-state index in [4.69, 9.17) is 4.42 Å². The number of para-hydroxylation sites is 1. The zero-order chi connectivity index (χ0) is 21.1. The van der Waals surface area contributed by atoms with E-state index < -0.39 is 0 Å². The Balaban J connectivity index is 1.70. The van der Waals surface area contributed by atoms with Crippen LogP contribution in [0.4, 0.5) is 0 Å². The van der Waals surface area contributed by atoms with Crippen molar-refractivity contribution in [3.63, 3.8) is 0 Å². The Hall–Kier alpha value is -3.06. The van der Waals surface area contributed by atoms with Gasteiger partial charge in [-0.25, -0.2) is 0 Å². The summed E-state index contributed by atoms with van der Waals surface area (Å²) in [5, 5.41) is 13.4. The fourth-order valence-corrected chi connectivity index (χ4v) is 3.85. The van der Waals surface area contributed by atoms with Crippen LogP contribution in [0.3, 0.4) is 0 Å². The zero-order valence-electron chi connectivity index (χ0n) is 17.3. The molecule has 1 atom stereocenters. The lowest BCUT2D eigenvalue weighted by molar-refractivity contribution is -0.119. The number of carbonyl (C=O) groups is 1. The quantitative estimate of drug-likeness (QED) is 0.426. The maximum Gasteiger partial charge on any atom is 0.230 e. The van der Waals surface area contributed by atoms with Crippen molar-refractivity contribution in [2.75, 3.05) is 5.75 Å². The normalized spacial score (nSPS) is 12.2. The molecule has 0 aliphatic heterocycles. The van der Waals surface area contributed by atoms with Gasteiger partial charge in [0.2, 0.25) is 11.7 Å². The summed E-state index contributed by atoms with van der Waals surface area (Å²) in [5.74, 6) is 1.51. The Kier molecular flexibility index (Phi) is 5.90. The van der Waals surface area contributed by atoms with Crippen LogP contribution in [0.1, 0.15) is 25.8 Å². The third kappa shape index (κ3) is 4.26. The van der Waals surface area contributed by atoms with Crippen LogP contribution in [-0.2, 0) is 4.79 Å². The van der Waals surface area contributed by atoms with Gasteiger partial charge in [-0.1, -0.05) is 54.6 Å². The molecule has 2 aromatic heterocycles. The van der Waals surface area contributed by atoms with Crippen molar-refractivity contribution >= 4 is 28.6 Å². The van der Waals surface area contributed by atoms with Crippen molar-refractivity contribution in [2.45, 2.75) is 38.4 Å². The molecule has 0 unspecified atom stereocenters. The minimum atomic E-state index is -0.0157. The number of benzene rings is 2. The lowest BCUT2D eigenvalue weighted by atomic mass is 10.2. The maximum absolute atomic E-state index is 12.3. The van der Waals surface area contributed by atoms with Gasteiger partial charge >= 0.3 is 0 Å². The molecule has 0 spiro atoms. The number of nitrogens with one attached hydrogen (secondary N) is 1. The van der Waals surface area contributed by atoms with Crippen molar-refractivity contribution in [3.8, 4) is 17.3 Å². The van der Waals surface area contributed by atoms with Crippen LogP contribution in [0.25, 0.3) is 28.2 Å². The van der Waals surface area contributed by atoms with E-state index in [0.717, 1.165) is 23.1 Å². The van der Waals surface area contributed by atoms with Gasteiger partial charge in [-0.2, -0.15) is 0 Å². The van der Waals surface area contributed by atoms with E-state index >= 15 is 0 Å². The lowest BCUT2D eigenvalue weighted by Gasteiger charge is -2.12. The van der Waals surface area contributed by atoms with Gasteiger partial charge in [-0.3, -0.25) is 9.36 Å². The molecule has 1 N–H and O–H groups in total. The number of hydrogen-bond donors (Lipinski definition) is 1. The van der Waals surface area contributed by atoms with Gasteiger partial charge in [0.15, 0.2) is 10.9 Å². The number of thioether (sulfide) groups is 1. The fraction of sp³-hybridized carbons (Fsp3) is 0.261. The lowest BCUT2D eigenvalue weighted by Crippen LogP contribution is -2.33. The molecule has 0 fully saturated rings. The van der Waals surface area contributed by atoms with Crippen LogP contribution < -0.4 is 5.32 Å². The molecule has 0 radical (unpaired) electrons. The molecule has 0 aliphatic rings. The number of rotatable bonds is 7. The third-order valence-electron chi connectivity index (χ3n) is 4.92. The molecule has 0 saturated heterocycles. The molecular formula is C23H24N4O2S. The highest BCUT2D eigenvalue weighted by molar-refractivity contribution is 7.99. The number of aromatic nitrogens is 3. The van der Waals surface area contributed by atoms with Gasteiger partial charge in [0.05, 0.1) is 5.75 Å². The second-order valence-electron chi connectivity index (χ2n) is 7.29. The van der Waals surface area contributed by atoms with Crippen molar-refractivity contribution in [2.24, 2.45) is 0 Å². The number of carbonyl (C=O) groups excluding carboxylic acids is 1. The first kappa shape index (κ1) is 20.2. The Morgan fingerprint density at radius 2 is 1.93 bits per heavy atom. The molecule has 2 aromatic carbocycles. The van der Waals surface area contributed by atoms with Crippen LogP contribution in [0.2, 0.25) is 0 Å². The zero-order valence-corrected chi connectivity index (χ0v) is 18.1. The molecule has 30 heavy (non-hydrogen) atoms. The highest BCUT2D eigenvalue weighted by Gasteiger charge is 2.20. The van der Waals surface area contributed by atoms with E-state index in [1.165, 1.54) is 17.3 Å². The van der Waals surface area contributed by atoms with Crippen molar-refractivity contribution in [1.29, 1.82) is 0 Å². The Morgan fingerprint density at radius 3 is 2.67 bits per heavy atom.